The summed E-state index contributed by atoms with van der Waals surface area (Å²) in [6.07, 6.45) is 3.29. The van der Waals surface area contributed by atoms with Crippen LogP contribution in [0, 0.1) is 23.2 Å². The molecule has 0 aromatic heterocycles. The SMILES string of the molecule is CC(C)(C)C1CC(OC2CC(C#CCBr)C2)CCN1C(=O)O. The lowest BCUT2D eigenvalue weighted by atomic mass is 9.79. The highest BCUT2D eigenvalue weighted by Gasteiger charge is 2.40. The third kappa shape index (κ3) is 4.39. The Bertz CT molecular complexity index is 457. The molecule has 1 saturated carbocycles. The third-order valence-corrected chi connectivity index (χ3v) is 4.93. The number of amides is 1. The number of nitrogens with zero attached hydrogens (tertiary/aromatic N) is 1. The molecule has 22 heavy (non-hydrogen) atoms. The van der Waals surface area contributed by atoms with Crippen molar-refractivity contribution in [2.75, 3.05) is 11.9 Å². The predicted octanol–water partition coefficient (Wildman–Crippen LogP) is 3.74. The number of hydrogen-bond acceptors (Lipinski definition) is 2. The summed E-state index contributed by atoms with van der Waals surface area (Å²) in [5.41, 5.74) is -0.0656. The first-order valence-electron chi connectivity index (χ1n) is 8.00. The van der Waals surface area contributed by atoms with Gasteiger partial charge in [-0.1, -0.05) is 48.5 Å². The van der Waals surface area contributed by atoms with Crippen LogP contribution in [-0.4, -0.2) is 46.2 Å². The van der Waals surface area contributed by atoms with E-state index in [9.17, 15) is 9.90 Å². The molecule has 1 N–H and O–H groups in total. The molecular formula is C17H26BrNO3. The minimum Gasteiger partial charge on any atom is -0.465 e. The molecule has 2 rings (SSSR count). The van der Waals surface area contributed by atoms with Gasteiger partial charge in [-0.3, -0.25) is 0 Å². The van der Waals surface area contributed by atoms with E-state index in [-0.39, 0.29) is 17.6 Å². The van der Waals surface area contributed by atoms with Crippen LogP contribution in [0.15, 0.2) is 0 Å². The summed E-state index contributed by atoms with van der Waals surface area (Å²) in [6, 6.07) is 0.0211. The van der Waals surface area contributed by atoms with E-state index >= 15 is 0 Å². The Kier molecular flexibility index (Phi) is 5.79. The Morgan fingerprint density at radius 3 is 2.55 bits per heavy atom. The molecule has 1 amide bonds. The molecule has 1 aliphatic heterocycles. The van der Waals surface area contributed by atoms with Gasteiger partial charge in [-0.25, -0.2) is 4.79 Å². The molecule has 2 unspecified atom stereocenters. The minimum atomic E-state index is -0.813. The summed E-state index contributed by atoms with van der Waals surface area (Å²) < 4.78 is 6.19. The number of carboxylic acid groups (broad SMARTS) is 1. The maximum Gasteiger partial charge on any atom is 0.407 e. The van der Waals surface area contributed by atoms with E-state index in [0.29, 0.717) is 18.6 Å². The molecule has 0 aromatic rings. The molecule has 2 fully saturated rings. The molecule has 0 bridgehead atoms. The van der Waals surface area contributed by atoms with Gasteiger partial charge in [-0.05, 0) is 31.1 Å². The molecule has 0 radical (unpaired) electrons. The number of halogens is 1. The number of hydrogen-bond donors (Lipinski definition) is 1. The fourth-order valence-electron chi connectivity index (χ4n) is 3.36. The Morgan fingerprint density at radius 2 is 2.00 bits per heavy atom. The third-order valence-electron chi connectivity index (χ3n) is 4.65. The zero-order valence-electron chi connectivity index (χ0n) is 13.6. The second kappa shape index (κ2) is 7.23. The first kappa shape index (κ1) is 17.6. The molecule has 1 aliphatic carbocycles. The van der Waals surface area contributed by atoms with Gasteiger partial charge in [-0.2, -0.15) is 0 Å². The van der Waals surface area contributed by atoms with E-state index in [1.807, 2.05) is 0 Å². The molecule has 0 aromatic carbocycles. The average Bonchev–Trinajstić information content (AvgIpc) is 2.39. The molecule has 4 nitrogen and oxygen atoms in total. The van der Waals surface area contributed by atoms with Gasteiger partial charge in [0.15, 0.2) is 0 Å². The van der Waals surface area contributed by atoms with Crippen LogP contribution in [0.4, 0.5) is 4.79 Å². The van der Waals surface area contributed by atoms with Gasteiger partial charge in [0.25, 0.3) is 0 Å². The van der Waals surface area contributed by atoms with Crippen molar-refractivity contribution in [1.82, 2.24) is 4.90 Å². The first-order valence-corrected chi connectivity index (χ1v) is 9.12. The largest absolute Gasteiger partial charge is 0.465 e. The summed E-state index contributed by atoms with van der Waals surface area (Å²) >= 11 is 3.31. The number of piperidine rings is 1. The lowest BCUT2D eigenvalue weighted by Crippen LogP contribution is -2.54. The van der Waals surface area contributed by atoms with Crippen LogP contribution in [0.2, 0.25) is 0 Å². The number of alkyl halides is 1. The Balaban J connectivity index is 1.86. The van der Waals surface area contributed by atoms with Crippen LogP contribution in [0.3, 0.4) is 0 Å². The summed E-state index contributed by atoms with van der Waals surface area (Å²) in [4.78, 5) is 13.0. The van der Waals surface area contributed by atoms with Crippen molar-refractivity contribution >= 4 is 22.0 Å². The highest BCUT2D eigenvalue weighted by molar-refractivity contribution is 9.09. The van der Waals surface area contributed by atoms with Crippen molar-refractivity contribution in [3.63, 3.8) is 0 Å². The summed E-state index contributed by atoms with van der Waals surface area (Å²) in [7, 11) is 0. The number of rotatable bonds is 2. The highest BCUT2D eigenvalue weighted by atomic mass is 79.9. The lowest BCUT2D eigenvalue weighted by Gasteiger charge is -2.46. The number of carbonyl (C=O) groups is 1. The van der Waals surface area contributed by atoms with Crippen molar-refractivity contribution in [2.45, 2.75) is 64.7 Å². The standard InChI is InChI=1S/C17H26BrNO3/c1-17(2,3)15-11-13(6-8-19(15)16(20)21)22-14-9-12(10-14)5-4-7-18/h12-15H,6-11H2,1-3H3,(H,20,21). The smallest absolute Gasteiger partial charge is 0.407 e. The molecular weight excluding hydrogens is 346 g/mol. The van der Waals surface area contributed by atoms with E-state index < -0.39 is 6.09 Å². The maximum absolute atomic E-state index is 11.4. The van der Waals surface area contributed by atoms with Gasteiger partial charge in [0.2, 0.25) is 0 Å². The van der Waals surface area contributed by atoms with E-state index in [1.54, 1.807) is 4.90 Å². The van der Waals surface area contributed by atoms with Crippen LogP contribution in [0.5, 0.6) is 0 Å². The molecule has 1 saturated heterocycles. The summed E-state index contributed by atoms with van der Waals surface area (Å²) in [6.45, 7) is 6.88. The van der Waals surface area contributed by atoms with Crippen LogP contribution >= 0.6 is 15.9 Å². The Hall–Kier alpha value is -0.730. The Labute approximate surface area is 141 Å². The molecule has 0 spiro atoms. The molecule has 2 atom stereocenters. The monoisotopic (exact) mass is 371 g/mol. The fraction of sp³-hybridized carbons (Fsp3) is 0.824. The number of ether oxygens (including phenoxy) is 1. The quantitative estimate of drug-likeness (QED) is 0.594. The van der Waals surface area contributed by atoms with E-state index in [1.165, 1.54) is 0 Å². The van der Waals surface area contributed by atoms with Crippen molar-refractivity contribution in [3.8, 4) is 11.8 Å². The van der Waals surface area contributed by atoms with Gasteiger partial charge >= 0.3 is 6.09 Å². The zero-order valence-corrected chi connectivity index (χ0v) is 15.2. The maximum atomic E-state index is 11.4. The van der Waals surface area contributed by atoms with Crippen LogP contribution in [0.1, 0.15) is 46.5 Å². The molecule has 1 heterocycles. The fourth-order valence-corrected chi connectivity index (χ4v) is 3.52. The van der Waals surface area contributed by atoms with E-state index in [2.05, 4.69) is 48.5 Å². The van der Waals surface area contributed by atoms with Crippen molar-refractivity contribution in [1.29, 1.82) is 0 Å². The summed E-state index contributed by atoms with van der Waals surface area (Å²) in [5.74, 6) is 6.76. The Morgan fingerprint density at radius 1 is 1.32 bits per heavy atom. The van der Waals surface area contributed by atoms with Gasteiger partial charge in [0.1, 0.15) is 0 Å². The second-order valence-electron chi connectivity index (χ2n) is 7.39. The van der Waals surface area contributed by atoms with Gasteiger partial charge in [-0.15, -0.1) is 0 Å². The van der Waals surface area contributed by atoms with Gasteiger partial charge in [0, 0.05) is 18.5 Å². The topological polar surface area (TPSA) is 49.8 Å². The van der Waals surface area contributed by atoms with Gasteiger partial charge in [0.05, 0.1) is 17.5 Å². The van der Waals surface area contributed by atoms with Crippen LogP contribution < -0.4 is 0 Å². The lowest BCUT2D eigenvalue weighted by molar-refractivity contribution is -0.101. The van der Waals surface area contributed by atoms with Crippen molar-refractivity contribution < 1.29 is 14.6 Å². The number of likely N-dealkylation sites (tertiary alicyclic amines) is 1. The second-order valence-corrected chi connectivity index (χ2v) is 7.95. The van der Waals surface area contributed by atoms with Crippen LogP contribution in [0.25, 0.3) is 0 Å². The molecule has 2 aliphatic rings. The predicted molar refractivity (Wildman–Crippen MR) is 90.2 cm³/mol. The molecule has 124 valence electrons. The first-order chi connectivity index (χ1) is 10.3. The van der Waals surface area contributed by atoms with E-state index in [4.69, 9.17) is 4.74 Å². The summed E-state index contributed by atoms with van der Waals surface area (Å²) in [5, 5.41) is 10.1. The van der Waals surface area contributed by atoms with E-state index in [0.717, 1.165) is 31.0 Å². The van der Waals surface area contributed by atoms with Crippen LogP contribution in [-0.2, 0) is 4.74 Å². The minimum absolute atomic E-state index is 0.0211. The highest BCUT2D eigenvalue weighted by Crippen LogP contribution is 2.36. The normalized spacial score (nSPS) is 31.9. The van der Waals surface area contributed by atoms with Crippen molar-refractivity contribution in [3.05, 3.63) is 0 Å². The van der Waals surface area contributed by atoms with Gasteiger partial charge < -0.3 is 14.7 Å². The van der Waals surface area contributed by atoms with Crippen molar-refractivity contribution in [2.24, 2.45) is 11.3 Å². The average molecular weight is 372 g/mol. The zero-order chi connectivity index (χ0) is 16.3. The molecule has 5 heteroatoms.